The molecular formula is C19H16BClFN3O4S. The lowest BCUT2D eigenvalue weighted by molar-refractivity contribution is 0.308. The number of nitrogens with zero attached hydrogens (tertiary/aromatic N) is 1. The molecule has 0 radical (unpaired) electrons. The Labute approximate surface area is 177 Å². The highest BCUT2D eigenvalue weighted by molar-refractivity contribution is 7.89. The number of pyridine rings is 1. The molecule has 3 aromatic rings. The molecule has 154 valence electrons. The van der Waals surface area contributed by atoms with E-state index in [9.17, 15) is 17.8 Å². The van der Waals surface area contributed by atoms with Crippen molar-refractivity contribution < 1.29 is 22.5 Å². The number of rotatable bonds is 4. The Kier molecular flexibility index (Phi) is 4.62. The Hall–Kier alpha value is -2.40. The fourth-order valence-electron chi connectivity index (χ4n) is 4.06. The van der Waals surface area contributed by atoms with E-state index in [-0.39, 0.29) is 21.9 Å². The van der Waals surface area contributed by atoms with Crippen LogP contribution in [0.4, 0.5) is 4.39 Å². The van der Waals surface area contributed by atoms with Crippen molar-refractivity contribution in [1.29, 1.82) is 0 Å². The maximum Gasteiger partial charge on any atom is 0.552 e. The van der Waals surface area contributed by atoms with Crippen molar-refractivity contribution in [3.05, 3.63) is 59.0 Å². The maximum absolute atomic E-state index is 13.2. The van der Waals surface area contributed by atoms with Crippen LogP contribution in [-0.4, -0.2) is 36.6 Å². The van der Waals surface area contributed by atoms with Gasteiger partial charge >= 0.3 is 7.12 Å². The molecule has 3 heterocycles. The lowest BCUT2D eigenvalue weighted by Crippen LogP contribution is -2.45. The van der Waals surface area contributed by atoms with Gasteiger partial charge in [0.05, 0.1) is 11.2 Å². The third kappa shape index (κ3) is 3.29. The van der Waals surface area contributed by atoms with Gasteiger partial charge in [-0.2, -0.15) is 0 Å². The second kappa shape index (κ2) is 7.09. The summed E-state index contributed by atoms with van der Waals surface area (Å²) in [5.74, 6) is 1.59. The minimum atomic E-state index is -3.88. The van der Waals surface area contributed by atoms with Crippen molar-refractivity contribution in [2.24, 2.45) is 5.92 Å². The molecule has 0 unspecified atom stereocenters. The highest BCUT2D eigenvalue weighted by Gasteiger charge is 2.39. The zero-order chi connectivity index (χ0) is 21.0. The van der Waals surface area contributed by atoms with Crippen LogP contribution in [0.15, 0.2) is 47.5 Å². The third-order valence-corrected chi connectivity index (χ3v) is 7.50. The minimum Gasteiger partial charge on any atom is -0.531 e. The van der Waals surface area contributed by atoms with Crippen LogP contribution in [-0.2, 0) is 10.0 Å². The van der Waals surface area contributed by atoms with Crippen LogP contribution in [0.5, 0.6) is 5.75 Å². The summed E-state index contributed by atoms with van der Waals surface area (Å²) in [5.41, 5.74) is 2.48. The summed E-state index contributed by atoms with van der Waals surface area (Å²) in [6.07, 6.45) is 4.44. The normalized spacial score (nSPS) is 21.0. The quantitative estimate of drug-likeness (QED) is 0.534. The smallest absolute Gasteiger partial charge is 0.531 e. The standard InChI is InChI=1S/C19H16BClFN3O4S/c21-15-7-11(22)1-2-17(15)30(27,28)25-12-5-10(6-12)14-8-20(26)29-16-9-24-19-13(18(14)16)3-4-23-19/h1-4,7-10,12,25-26H,5-6H2,(H,23,24)/t10-,12+. The van der Waals surface area contributed by atoms with Gasteiger partial charge in [-0.15, -0.1) is 0 Å². The number of benzene rings is 1. The molecule has 11 heteroatoms. The summed E-state index contributed by atoms with van der Waals surface area (Å²) in [5, 5.41) is 10.8. The van der Waals surface area contributed by atoms with E-state index in [1.54, 1.807) is 18.4 Å². The Balaban J connectivity index is 1.37. The number of fused-ring (bicyclic) bond motifs is 3. The number of allylic oxidation sites excluding steroid dienone is 1. The number of halogens is 2. The monoisotopic (exact) mass is 447 g/mol. The van der Waals surface area contributed by atoms with Crippen molar-refractivity contribution in [2.75, 3.05) is 0 Å². The summed E-state index contributed by atoms with van der Waals surface area (Å²) >= 11 is 5.91. The number of aromatic amines is 1. The molecule has 1 saturated carbocycles. The average Bonchev–Trinajstić information content (AvgIpc) is 3.12. The zero-order valence-corrected chi connectivity index (χ0v) is 17.0. The number of hydrogen-bond donors (Lipinski definition) is 3. The molecule has 30 heavy (non-hydrogen) atoms. The van der Waals surface area contributed by atoms with E-state index < -0.39 is 23.0 Å². The molecule has 2 aliphatic rings. The van der Waals surface area contributed by atoms with Gasteiger partial charge in [0.2, 0.25) is 10.0 Å². The SMILES string of the molecule is O=S(=O)(N[C@H]1C[C@@H](C2=CB(O)Oc3cnc4[nH]ccc4c32)C1)c1ccc(F)cc1Cl. The van der Waals surface area contributed by atoms with Crippen LogP contribution in [0.2, 0.25) is 5.02 Å². The molecule has 0 amide bonds. The second-order valence-electron chi connectivity index (χ2n) is 7.43. The second-order valence-corrected chi connectivity index (χ2v) is 9.52. The van der Waals surface area contributed by atoms with Gasteiger partial charge in [-0.25, -0.2) is 22.5 Å². The first-order chi connectivity index (χ1) is 14.3. The van der Waals surface area contributed by atoms with Gasteiger partial charge in [-0.05, 0) is 54.6 Å². The molecule has 0 atom stereocenters. The Morgan fingerprint density at radius 2 is 2.13 bits per heavy atom. The highest BCUT2D eigenvalue weighted by Crippen LogP contribution is 2.46. The zero-order valence-electron chi connectivity index (χ0n) is 15.5. The fourth-order valence-corrected chi connectivity index (χ4v) is 5.86. The molecule has 1 aromatic carbocycles. The van der Waals surface area contributed by atoms with E-state index in [2.05, 4.69) is 14.7 Å². The van der Waals surface area contributed by atoms with Crippen LogP contribution in [0, 0.1) is 11.7 Å². The molecule has 1 aliphatic heterocycles. The predicted molar refractivity (Wildman–Crippen MR) is 111 cm³/mol. The first kappa shape index (κ1) is 19.6. The van der Waals surface area contributed by atoms with Gasteiger partial charge in [-0.1, -0.05) is 11.6 Å². The highest BCUT2D eigenvalue weighted by atomic mass is 35.5. The lowest BCUT2D eigenvalue weighted by Gasteiger charge is -2.39. The summed E-state index contributed by atoms with van der Waals surface area (Å²) in [7, 11) is -4.96. The van der Waals surface area contributed by atoms with Crippen molar-refractivity contribution >= 4 is 45.3 Å². The Morgan fingerprint density at radius 3 is 2.90 bits per heavy atom. The average molecular weight is 448 g/mol. The van der Waals surface area contributed by atoms with Crippen molar-refractivity contribution in [2.45, 2.75) is 23.8 Å². The van der Waals surface area contributed by atoms with Crippen molar-refractivity contribution in [1.82, 2.24) is 14.7 Å². The largest absolute Gasteiger partial charge is 0.552 e. The van der Waals surface area contributed by atoms with E-state index in [1.807, 2.05) is 6.07 Å². The van der Waals surface area contributed by atoms with Gasteiger partial charge in [0.1, 0.15) is 22.1 Å². The van der Waals surface area contributed by atoms with E-state index in [1.165, 1.54) is 0 Å². The van der Waals surface area contributed by atoms with Crippen LogP contribution in [0.1, 0.15) is 18.4 Å². The molecule has 1 aliphatic carbocycles. The third-order valence-electron chi connectivity index (χ3n) is 5.49. The van der Waals surface area contributed by atoms with E-state index in [0.29, 0.717) is 24.2 Å². The van der Waals surface area contributed by atoms with Crippen LogP contribution >= 0.6 is 11.6 Å². The first-order valence-electron chi connectivity index (χ1n) is 9.32. The Bertz CT molecular complexity index is 1290. The number of hydrogen-bond acceptors (Lipinski definition) is 5. The molecule has 2 aromatic heterocycles. The molecule has 1 fully saturated rings. The molecule has 0 spiro atoms. The van der Waals surface area contributed by atoms with Crippen LogP contribution < -0.4 is 9.38 Å². The molecule has 5 rings (SSSR count). The molecular weight excluding hydrogens is 432 g/mol. The van der Waals surface area contributed by atoms with E-state index in [0.717, 1.165) is 34.7 Å². The van der Waals surface area contributed by atoms with E-state index in [4.69, 9.17) is 16.3 Å². The number of H-pyrrole nitrogens is 1. The number of nitrogens with one attached hydrogen (secondary N) is 2. The summed E-state index contributed by atoms with van der Waals surface area (Å²) in [4.78, 5) is 7.19. The van der Waals surface area contributed by atoms with Gasteiger partial charge in [0.25, 0.3) is 0 Å². The van der Waals surface area contributed by atoms with E-state index >= 15 is 0 Å². The van der Waals surface area contributed by atoms with Gasteiger partial charge in [0.15, 0.2) is 0 Å². The lowest BCUT2D eigenvalue weighted by atomic mass is 9.68. The summed E-state index contributed by atoms with van der Waals surface area (Å²) in [6, 6.07) is 4.78. The topological polar surface area (TPSA) is 104 Å². The number of aromatic nitrogens is 2. The molecule has 7 nitrogen and oxygen atoms in total. The van der Waals surface area contributed by atoms with Gasteiger partial charge in [-0.3, -0.25) is 0 Å². The van der Waals surface area contributed by atoms with Gasteiger partial charge < -0.3 is 14.7 Å². The summed E-state index contributed by atoms with van der Waals surface area (Å²) < 4.78 is 46.6. The van der Waals surface area contributed by atoms with Crippen molar-refractivity contribution in [3.8, 4) is 5.75 Å². The first-order valence-corrected chi connectivity index (χ1v) is 11.2. The Morgan fingerprint density at radius 1 is 1.33 bits per heavy atom. The molecule has 0 saturated heterocycles. The summed E-state index contributed by atoms with van der Waals surface area (Å²) in [6.45, 7) is 0. The van der Waals surface area contributed by atoms with Crippen LogP contribution in [0.25, 0.3) is 16.6 Å². The maximum atomic E-state index is 13.2. The van der Waals surface area contributed by atoms with Crippen molar-refractivity contribution in [3.63, 3.8) is 0 Å². The van der Waals surface area contributed by atoms with Crippen LogP contribution in [0.3, 0.4) is 0 Å². The molecule has 3 N–H and O–H groups in total. The van der Waals surface area contributed by atoms with Gasteiger partial charge in [0, 0.05) is 23.2 Å². The minimum absolute atomic E-state index is 0.0409. The molecule has 0 bridgehead atoms. The predicted octanol–water partition coefficient (Wildman–Crippen LogP) is 2.91. The number of sulfonamides is 1. The fraction of sp³-hybridized carbons (Fsp3) is 0.211.